The summed E-state index contributed by atoms with van der Waals surface area (Å²) in [7, 11) is -3.13. The number of hydrogen-bond acceptors (Lipinski definition) is 4. The predicted octanol–water partition coefficient (Wildman–Crippen LogP) is 2.35. The van der Waals surface area contributed by atoms with Crippen LogP contribution in [0.3, 0.4) is 0 Å². The van der Waals surface area contributed by atoms with Crippen LogP contribution in [-0.2, 0) is 16.4 Å². The van der Waals surface area contributed by atoms with Crippen LogP contribution in [0.2, 0.25) is 0 Å². The Morgan fingerprint density at radius 1 is 1.14 bits per heavy atom. The maximum atomic E-state index is 12.1. The topological polar surface area (TPSA) is 78.0 Å². The van der Waals surface area contributed by atoms with Crippen LogP contribution in [-0.4, -0.2) is 28.7 Å². The molecule has 114 valence electrons. The zero-order valence-corrected chi connectivity index (χ0v) is 13.4. The van der Waals surface area contributed by atoms with Crippen molar-refractivity contribution in [3.63, 3.8) is 0 Å². The van der Waals surface area contributed by atoms with Gasteiger partial charge in [0.1, 0.15) is 0 Å². The minimum absolute atomic E-state index is 0.0827. The van der Waals surface area contributed by atoms with E-state index in [9.17, 15) is 8.42 Å². The molecule has 1 heterocycles. The highest BCUT2D eigenvalue weighted by Crippen LogP contribution is 2.20. The molecule has 0 saturated heterocycles. The Labute approximate surface area is 125 Å². The van der Waals surface area contributed by atoms with E-state index in [1.165, 1.54) is 0 Å². The Bertz CT molecular complexity index is 710. The van der Waals surface area contributed by atoms with Gasteiger partial charge in [-0.25, -0.2) is 8.42 Å². The van der Waals surface area contributed by atoms with E-state index in [0.29, 0.717) is 12.2 Å². The maximum Gasteiger partial charge on any atom is 0.157 e. The molecule has 2 rings (SSSR count). The minimum Gasteiger partial charge on any atom is -0.399 e. The lowest BCUT2D eigenvalue weighted by Crippen LogP contribution is -2.32. The van der Waals surface area contributed by atoms with Crippen LogP contribution in [0, 0.1) is 0 Å². The molecule has 0 saturated carbocycles. The summed E-state index contributed by atoms with van der Waals surface area (Å²) in [5, 5.41) is 4.22. The molecule has 21 heavy (non-hydrogen) atoms. The smallest absolute Gasteiger partial charge is 0.157 e. The first kappa shape index (κ1) is 15.6. The van der Waals surface area contributed by atoms with Gasteiger partial charge in [-0.05, 0) is 38.5 Å². The average molecular weight is 307 g/mol. The van der Waals surface area contributed by atoms with Gasteiger partial charge >= 0.3 is 0 Å². The van der Waals surface area contributed by atoms with E-state index in [2.05, 4.69) is 5.10 Å². The molecule has 0 radical (unpaired) electrons. The molecule has 1 aromatic heterocycles. The number of nitrogen functional groups attached to an aromatic ring is 1. The van der Waals surface area contributed by atoms with Crippen molar-refractivity contribution in [1.82, 2.24) is 9.78 Å². The van der Waals surface area contributed by atoms with Gasteiger partial charge in [-0.2, -0.15) is 5.10 Å². The van der Waals surface area contributed by atoms with E-state index >= 15 is 0 Å². The Morgan fingerprint density at radius 2 is 1.76 bits per heavy atom. The normalized spacial score (nSPS) is 12.5. The van der Waals surface area contributed by atoms with Crippen molar-refractivity contribution in [2.45, 2.75) is 32.1 Å². The van der Waals surface area contributed by atoms with Gasteiger partial charge in [0.15, 0.2) is 9.84 Å². The third kappa shape index (κ3) is 3.64. The number of benzene rings is 1. The number of nitrogens with two attached hydrogens (primary N) is 1. The molecule has 5 nitrogen and oxygen atoms in total. The van der Waals surface area contributed by atoms with Crippen LogP contribution in [0.5, 0.6) is 0 Å². The van der Waals surface area contributed by atoms with Gasteiger partial charge < -0.3 is 5.73 Å². The first-order valence-corrected chi connectivity index (χ1v) is 8.45. The molecule has 0 bridgehead atoms. The second-order valence-electron chi connectivity index (χ2n) is 6.05. The standard InChI is InChI=1S/C15H21N3O2S/c1-15(2,3)21(19,20)9-8-18-11-13(10-17-18)12-4-6-14(16)7-5-12/h4-7,10-11H,8-9,16H2,1-3H3. The number of hydrogen-bond donors (Lipinski definition) is 1. The molecule has 0 amide bonds. The summed E-state index contributed by atoms with van der Waals surface area (Å²) >= 11 is 0. The van der Waals surface area contributed by atoms with Gasteiger partial charge in [-0.3, -0.25) is 4.68 Å². The van der Waals surface area contributed by atoms with Crippen molar-refractivity contribution in [1.29, 1.82) is 0 Å². The molecule has 0 unspecified atom stereocenters. The lowest BCUT2D eigenvalue weighted by Gasteiger charge is -2.18. The average Bonchev–Trinajstić information content (AvgIpc) is 2.85. The SMILES string of the molecule is CC(C)(C)S(=O)(=O)CCn1cc(-c2ccc(N)cc2)cn1. The summed E-state index contributed by atoms with van der Waals surface area (Å²) in [4.78, 5) is 0. The molecule has 1 aromatic carbocycles. The molecule has 2 N–H and O–H groups in total. The zero-order chi connectivity index (χ0) is 15.7. The van der Waals surface area contributed by atoms with Gasteiger partial charge in [0.2, 0.25) is 0 Å². The lowest BCUT2D eigenvalue weighted by molar-refractivity contribution is 0.548. The largest absolute Gasteiger partial charge is 0.399 e. The van der Waals surface area contributed by atoms with Crippen molar-refractivity contribution >= 4 is 15.5 Å². The number of nitrogens with zero attached hydrogens (tertiary/aromatic N) is 2. The molecule has 0 spiro atoms. The number of rotatable bonds is 4. The maximum absolute atomic E-state index is 12.1. The third-order valence-electron chi connectivity index (χ3n) is 3.40. The predicted molar refractivity (Wildman–Crippen MR) is 85.6 cm³/mol. The zero-order valence-electron chi connectivity index (χ0n) is 12.6. The van der Waals surface area contributed by atoms with Crippen molar-refractivity contribution < 1.29 is 8.42 Å². The molecule has 6 heteroatoms. The Balaban J connectivity index is 2.09. The fraction of sp³-hybridized carbons (Fsp3) is 0.400. The van der Waals surface area contributed by atoms with Crippen LogP contribution in [0.15, 0.2) is 36.7 Å². The highest BCUT2D eigenvalue weighted by molar-refractivity contribution is 7.92. The first-order valence-electron chi connectivity index (χ1n) is 6.80. The summed E-state index contributed by atoms with van der Waals surface area (Å²) in [6, 6.07) is 7.50. The molecule has 0 fully saturated rings. The van der Waals surface area contributed by atoms with Crippen LogP contribution in [0.25, 0.3) is 11.1 Å². The Morgan fingerprint density at radius 3 is 2.33 bits per heavy atom. The summed E-state index contributed by atoms with van der Waals surface area (Å²) < 4.78 is 25.1. The van der Waals surface area contributed by atoms with E-state index in [-0.39, 0.29) is 5.75 Å². The van der Waals surface area contributed by atoms with Crippen LogP contribution in [0.1, 0.15) is 20.8 Å². The Hall–Kier alpha value is -1.82. The van der Waals surface area contributed by atoms with Crippen molar-refractivity contribution in [2.75, 3.05) is 11.5 Å². The van der Waals surface area contributed by atoms with Gasteiger partial charge in [0, 0.05) is 17.4 Å². The summed E-state index contributed by atoms with van der Waals surface area (Å²) in [5.74, 6) is 0.0827. The number of aryl methyl sites for hydroxylation is 1. The van der Waals surface area contributed by atoms with E-state index < -0.39 is 14.6 Å². The highest BCUT2D eigenvalue weighted by atomic mass is 32.2. The van der Waals surface area contributed by atoms with Crippen LogP contribution >= 0.6 is 0 Å². The molecule has 0 aliphatic rings. The third-order valence-corrected chi connectivity index (χ3v) is 5.99. The van der Waals surface area contributed by atoms with Crippen molar-refractivity contribution in [2.24, 2.45) is 0 Å². The molecular weight excluding hydrogens is 286 g/mol. The summed E-state index contributed by atoms with van der Waals surface area (Å²) in [6.07, 6.45) is 3.58. The fourth-order valence-electron chi connectivity index (χ4n) is 1.83. The van der Waals surface area contributed by atoms with Crippen molar-refractivity contribution in [3.05, 3.63) is 36.7 Å². The lowest BCUT2D eigenvalue weighted by atomic mass is 10.1. The fourth-order valence-corrected chi connectivity index (χ4v) is 2.87. The van der Waals surface area contributed by atoms with Crippen LogP contribution < -0.4 is 5.73 Å². The first-order chi connectivity index (χ1) is 9.69. The monoisotopic (exact) mass is 307 g/mol. The Kier molecular flexibility index (Phi) is 4.09. The number of aromatic nitrogens is 2. The molecule has 0 aliphatic heterocycles. The second kappa shape index (κ2) is 5.52. The van der Waals surface area contributed by atoms with E-state index in [0.717, 1.165) is 11.1 Å². The van der Waals surface area contributed by atoms with E-state index in [4.69, 9.17) is 5.73 Å². The molecular formula is C15H21N3O2S. The molecule has 0 aliphatic carbocycles. The van der Waals surface area contributed by atoms with Crippen LogP contribution in [0.4, 0.5) is 5.69 Å². The van der Waals surface area contributed by atoms with E-state index in [1.807, 2.05) is 30.5 Å². The quantitative estimate of drug-likeness (QED) is 0.879. The van der Waals surface area contributed by atoms with Gasteiger partial charge in [0.25, 0.3) is 0 Å². The summed E-state index contributed by atoms with van der Waals surface area (Å²) in [6.45, 7) is 5.50. The minimum atomic E-state index is -3.13. The number of anilines is 1. The van der Waals surface area contributed by atoms with Gasteiger partial charge in [0.05, 0.1) is 23.2 Å². The van der Waals surface area contributed by atoms with E-state index in [1.54, 1.807) is 31.6 Å². The second-order valence-corrected chi connectivity index (χ2v) is 8.91. The van der Waals surface area contributed by atoms with Crippen molar-refractivity contribution in [3.8, 4) is 11.1 Å². The summed E-state index contributed by atoms with van der Waals surface area (Å²) in [5.41, 5.74) is 8.33. The molecule has 2 aromatic rings. The molecule has 0 atom stereocenters. The highest BCUT2D eigenvalue weighted by Gasteiger charge is 2.28. The van der Waals surface area contributed by atoms with Gasteiger partial charge in [-0.1, -0.05) is 12.1 Å². The number of sulfone groups is 1. The van der Waals surface area contributed by atoms with Gasteiger partial charge in [-0.15, -0.1) is 0 Å².